The summed E-state index contributed by atoms with van der Waals surface area (Å²) in [7, 11) is 0. The smallest absolute Gasteiger partial charge is 0.336 e. The third kappa shape index (κ3) is 6.14. The average Bonchev–Trinajstić information content (AvgIpc) is 3.33. The minimum Gasteiger partial charge on any atom is -0.478 e. The molecule has 0 atom stereocenters. The van der Waals surface area contributed by atoms with Crippen LogP contribution in [-0.4, -0.2) is 38.7 Å². The lowest BCUT2D eigenvalue weighted by molar-refractivity contribution is -0.149. The van der Waals surface area contributed by atoms with E-state index in [1.807, 2.05) is 43.3 Å². The van der Waals surface area contributed by atoms with E-state index in [2.05, 4.69) is 35.0 Å². The first-order chi connectivity index (χ1) is 19.9. The van der Waals surface area contributed by atoms with Gasteiger partial charge in [0.1, 0.15) is 11.4 Å². The molecule has 0 amide bonds. The van der Waals surface area contributed by atoms with Gasteiger partial charge in [-0.1, -0.05) is 75.1 Å². The lowest BCUT2D eigenvalue weighted by atomic mass is 9.81. The van der Waals surface area contributed by atoms with Gasteiger partial charge < -0.3 is 19.7 Å². The summed E-state index contributed by atoms with van der Waals surface area (Å²) < 4.78 is 7.78. The Labute approximate surface area is 241 Å². The van der Waals surface area contributed by atoms with Crippen LogP contribution in [0.4, 0.5) is 5.69 Å². The van der Waals surface area contributed by atoms with Crippen LogP contribution in [0, 0.1) is 0 Å². The van der Waals surface area contributed by atoms with E-state index in [0.29, 0.717) is 24.3 Å². The number of carbonyl (C=O) groups excluding carboxylic acids is 1. The average molecular weight is 554 g/mol. The standard InChI is InChI=1S/C34H39N3O4/c1-3-5-13-31-35-29-19-18-26(36-34(33(40)41-4-2)20-9-6-10-21-34)22-30(29)37(31)23-24-14-16-25(17-15-24)27-11-7-8-12-28(27)32(38)39/h7-8,11-12,14-19,22,36H,3-6,9-10,13,20-21,23H2,1-2H3,(H,38,39). The summed E-state index contributed by atoms with van der Waals surface area (Å²) in [5, 5.41) is 13.2. The number of fused-ring (bicyclic) bond motifs is 1. The van der Waals surface area contributed by atoms with Gasteiger partial charge in [-0.05, 0) is 67.1 Å². The quantitative estimate of drug-likeness (QED) is 0.187. The molecule has 5 rings (SSSR count). The van der Waals surface area contributed by atoms with E-state index in [-0.39, 0.29) is 5.97 Å². The molecule has 0 spiro atoms. The van der Waals surface area contributed by atoms with Crippen molar-refractivity contribution in [2.24, 2.45) is 0 Å². The number of esters is 1. The van der Waals surface area contributed by atoms with Gasteiger partial charge in [0.25, 0.3) is 0 Å². The molecule has 1 aromatic heterocycles. The van der Waals surface area contributed by atoms with Gasteiger partial charge in [0, 0.05) is 18.7 Å². The van der Waals surface area contributed by atoms with Gasteiger partial charge in [-0.15, -0.1) is 0 Å². The van der Waals surface area contributed by atoms with Crippen molar-refractivity contribution in [3.05, 3.63) is 83.7 Å². The number of anilines is 1. The number of carboxylic acids is 1. The van der Waals surface area contributed by atoms with E-state index < -0.39 is 11.5 Å². The third-order valence-electron chi connectivity index (χ3n) is 8.10. The number of hydrogen-bond acceptors (Lipinski definition) is 5. The monoisotopic (exact) mass is 553 g/mol. The molecule has 41 heavy (non-hydrogen) atoms. The van der Waals surface area contributed by atoms with Crippen LogP contribution >= 0.6 is 0 Å². The number of hydrogen-bond donors (Lipinski definition) is 2. The second-order valence-electron chi connectivity index (χ2n) is 11.0. The van der Waals surface area contributed by atoms with Crippen molar-refractivity contribution >= 4 is 28.7 Å². The highest BCUT2D eigenvalue weighted by Gasteiger charge is 2.41. The Hall–Kier alpha value is -4.13. The molecule has 1 fully saturated rings. The first-order valence-corrected chi connectivity index (χ1v) is 14.8. The Morgan fingerprint density at radius 1 is 1.00 bits per heavy atom. The van der Waals surface area contributed by atoms with Crippen LogP contribution in [0.1, 0.15) is 80.5 Å². The van der Waals surface area contributed by atoms with E-state index in [9.17, 15) is 14.7 Å². The molecule has 0 saturated heterocycles. The third-order valence-corrected chi connectivity index (χ3v) is 8.10. The number of aromatic nitrogens is 2. The van der Waals surface area contributed by atoms with Gasteiger partial charge in [0.15, 0.2) is 0 Å². The highest BCUT2D eigenvalue weighted by molar-refractivity contribution is 5.96. The number of unbranched alkanes of at least 4 members (excludes halogenated alkanes) is 1. The maximum absolute atomic E-state index is 13.1. The van der Waals surface area contributed by atoms with E-state index in [1.165, 1.54) is 0 Å². The van der Waals surface area contributed by atoms with Crippen LogP contribution in [0.5, 0.6) is 0 Å². The zero-order valence-electron chi connectivity index (χ0n) is 24.0. The van der Waals surface area contributed by atoms with Crippen molar-refractivity contribution in [1.82, 2.24) is 9.55 Å². The number of ether oxygens (including phenoxy) is 1. The molecule has 1 aliphatic carbocycles. The Kier molecular flexibility index (Phi) is 8.72. The number of imidazole rings is 1. The van der Waals surface area contributed by atoms with Crippen molar-refractivity contribution in [1.29, 1.82) is 0 Å². The second-order valence-corrected chi connectivity index (χ2v) is 11.0. The lowest BCUT2D eigenvalue weighted by Gasteiger charge is -2.36. The molecular weight excluding hydrogens is 514 g/mol. The largest absolute Gasteiger partial charge is 0.478 e. The zero-order chi connectivity index (χ0) is 28.8. The van der Waals surface area contributed by atoms with Crippen LogP contribution in [0.2, 0.25) is 0 Å². The maximum Gasteiger partial charge on any atom is 0.336 e. The van der Waals surface area contributed by atoms with E-state index >= 15 is 0 Å². The van der Waals surface area contributed by atoms with Crippen LogP contribution in [0.25, 0.3) is 22.2 Å². The Morgan fingerprint density at radius 2 is 1.76 bits per heavy atom. The number of carboxylic acid groups (broad SMARTS) is 1. The highest BCUT2D eigenvalue weighted by atomic mass is 16.5. The summed E-state index contributed by atoms with van der Waals surface area (Å²) in [6.07, 6.45) is 7.67. The molecule has 0 unspecified atom stereocenters. The zero-order valence-corrected chi connectivity index (χ0v) is 24.0. The minimum atomic E-state index is -0.933. The van der Waals surface area contributed by atoms with Crippen molar-refractivity contribution in [3.8, 4) is 11.1 Å². The first-order valence-electron chi connectivity index (χ1n) is 14.8. The van der Waals surface area contributed by atoms with E-state index in [1.54, 1.807) is 12.1 Å². The van der Waals surface area contributed by atoms with Crippen molar-refractivity contribution in [3.63, 3.8) is 0 Å². The van der Waals surface area contributed by atoms with E-state index in [0.717, 1.165) is 85.0 Å². The molecular formula is C34H39N3O4. The predicted molar refractivity (Wildman–Crippen MR) is 162 cm³/mol. The van der Waals surface area contributed by atoms with Crippen molar-refractivity contribution < 1.29 is 19.4 Å². The Balaban J connectivity index is 1.47. The number of nitrogens with one attached hydrogen (secondary N) is 1. The number of benzene rings is 3. The number of rotatable bonds is 11. The summed E-state index contributed by atoms with van der Waals surface area (Å²) in [6, 6.07) is 21.3. The summed E-state index contributed by atoms with van der Waals surface area (Å²) in [6.45, 7) is 5.05. The molecule has 1 saturated carbocycles. The van der Waals surface area contributed by atoms with Gasteiger partial charge in [-0.2, -0.15) is 0 Å². The molecule has 2 N–H and O–H groups in total. The van der Waals surface area contributed by atoms with Gasteiger partial charge >= 0.3 is 11.9 Å². The molecule has 7 heteroatoms. The Morgan fingerprint density at radius 3 is 2.46 bits per heavy atom. The van der Waals surface area contributed by atoms with Gasteiger partial charge in [-0.3, -0.25) is 0 Å². The molecule has 0 bridgehead atoms. The van der Waals surface area contributed by atoms with Crippen LogP contribution < -0.4 is 5.32 Å². The maximum atomic E-state index is 13.1. The van der Waals surface area contributed by atoms with E-state index in [4.69, 9.17) is 9.72 Å². The minimum absolute atomic E-state index is 0.165. The normalized spacial score (nSPS) is 14.6. The molecule has 214 valence electrons. The van der Waals surface area contributed by atoms with Gasteiger partial charge in [-0.25, -0.2) is 14.6 Å². The van der Waals surface area contributed by atoms with Crippen LogP contribution in [-0.2, 0) is 22.5 Å². The molecule has 1 aliphatic rings. The number of aryl methyl sites for hydroxylation is 1. The summed E-state index contributed by atoms with van der Waals surface area (Å²) in [5.74, 6) is -0.0592. The number of nitrogens with zero attached hydrogens (tertiary/aromatic N) is 2. The lowest BCUT2D eigenvalue weighted by Crippen LogP contribution is -2.49. The van der Waals surface area contributed by atoms with Crippen LogP contribution in [0.3, 0.4) is 0 Å². The van der Waals surface area contributed by atoms with Gasteiger partial charge in [0.2, 0.25) is 0 Å². The highest BCUT2D eigenvalue weighted by Crippen LogP contribution is 2.34. The molecule has 1 heterocycles. The first kappa shape index (κ1) is 28.4. The molecule has 3 aromatic carbocycles. The summed E-state index contributed by atoms with van der Waals surface area (Å²) in [4.78, 5) is 29.8. The SMILES string of the molecule is CCCCc1nc2ccc(NC3(C(=O)OCC)CCCCC3)cc2n1Cc1ccc(-c2ccccc2C(=O)O)cc1. The molecule has 4 aromatic rings. The van der Waals surface area contributed by atoms with Crippen LogP contribution in [0.15, 0.2) is 66.7 Å². The second kappa shape index (κ2) is 12.6. The number of carbonyl (C=O) groups is 2. The van der Waals surface area contributed by atoms with Crippen molar-refractivity contribution in [2.75, 3.05) is 11.9 Å². The topological polar surface area (TPSA) is 93.5 Å². The van der Waals surface area contributed by atoms with Gasteiger partial charge in [0.05, 0.1) is 23.2 Å². The number of aromatic carboxylic acids is 1. The fourth-order valence-electron chi connectivity index (χ4n) is 5.93. The molecule has 0 radical (unpaired) electrons. The fraction of sp³-hybridized carbons (Fsp3) is 0.382. The predicted octanol–water partition coefficient (Wildman–Crippen LogP) is 7.47. The Bertz CT molecular complexity index is 1520. The summed E-state index contributed by atoms with van der Waals surface area (Å²) in [5.41, 5.74) is 5.14. The summed E-state index contributed by atoms with van der Waals surface area (Å²) >= 11 is 0. The molecule has 0 aliphatic heterocycles. The van der Waals surface area contributed by atoms with Crippen molar-refractivity contribution in [2.45, 2.75) is 77.3 Å². The molecule has 7 nitrogen and oxygen atoms in total. The fourth-order valence-corrected chi connectivity index (χ4v) is 5.93.